The number of methoxy groups -OCH3 is 1. The van der Waals surface area contributed by atoms with E-state index < -0.39 is 5.97 Å². The van der Waals surface area contributed by atoms with Gasteiger partial charge in [-0.2, -0.15) is 5.10 Å². The molecule has 1 N–H and O–H groups in total. The lowest BCUT2D eigenvalue weighted by Crippen LogP contribution is -2.09. The Labute approximate surface area is 87.8 Å². The summed E-state index contributed by atoms with van der Waals surface area (Å²) in [7, 11) is 1.66. The van der Waals surface area contributed by atoms with E-state index >= 15 is 0 Å². The SMILES string of the molecule is CCOC(=O)c1cc(C2(OC)CC2)[nH]n1. The number of aromatic nitrogens is 2. The summed E-state index contributed by atoms with van der Waals surface area (Å²) in [6.45, 7) is 2.12. The van der Waals surface area contributed by atoms with Gasteiger partial charge in [-0.05, 0) is 25.8 Å². The molecule has 0 bridgehead atoms. The quantitative estimate of drug-likeness (QED) is 0.759. The Balaban J connectivity index is 2.14. The molecular formula is C10H14N2O3. The third-order valence-electron chi connectivity index (χ3n) is 2.65. The molecule has 1 fully saturated rings. The number of H-pyrrole nitrogens is 1. The normalized spacial score (nSPS) is 17.5. The van der Waals surface area contributed by atoms with Crippen molar-refractivity contribution in [2.75, 3.05) is 13.7 Å². The number of ether oxygens (including phenoxy) is 2. The standard InChI is InChI=1S/C10H14N2O3/c1-3-15-9(13)7-6-8(12-11-7)10(14-2)4-5-10/h6H,3-5H2,1-2H3,(H,11,12). The Hall–Kier alpha value is -1.36. The minimum atomic E-state index is -0.396. The van der Waals surface area contributed by atoms with E-state index in [-0.39, 0.29) is 5.60 Å². The molecule has 0 saturated heterocycles. The molecule has 5 nitrogen and oxygen atoms in total. The fourth-order valence-electron chi connectivity index (χ4n) is 1.56. The number of aromatic amines is 1. The maximum Gasteiger partial charge on any atom is 0.358 e. The van der Waals surface area contributed by atoms with E-state index in [1.54, 1.807) is 20.1 Å². The van der Waals surface area contributed by atoms with Crippen molar-refractivity contribution in [3.05, 3.63) is 17.5 Å². The fraction of sp³-hybridized carbons (Fsp3) is 0.600. The molecule has 2 rings (SSSR count). The maximum absolute atomic E-state index is 11.3. The van der Waals surface area contributed by atoms with Crippen molar-refractivity contribution in [3.8, 4) is 0 Å². The number of hydrogen-bond donors (Lipinski definition) is 1. The van der Waals surface area contributed by atoms with Crippen molar-refractivity contribution in [3.63, 3.8) is 0 Å². The Morgan fingerprint density at radius 2 is 2.40 bits per heavy atom. The van der Waals surface area contributed by atoms with Gasteiger partial charge in [0.15, 0.2) is 5.69 Å². The van der Waals surface area contributed by atoms with Crippen molar-refractivity contribution in [2.24, 2.45) is 0 Å². The molecule has 1 aliphatic carbocycles. The highest BCUT2D eigenvalue weighted by molar-refractivity contribution is 5.87. The highest BCUT2D eigenvalue weighted by atomic mass is 16.5. The molecule has 82 valence electrons. The van der Waals surface area contributed by atoms with E-state index in [4.69, 9.17) is 9.47 Å². The van der Waals surface area contributed by atoms with Crippen molar-refractivity contribution < 1.29 is 14.3 Å². The molecule has 0 atom stereocenters. The molecule has 1 aromatic rings. The number of esters is 1. The van der Waals surface area contributed by atoms with Gasteiger partial charge in [0.05, 0.1) is 12.3 Å². The van der Waals surface area contributed by atoms with Crippen LogP contribution in [0.5, 0.6) is 0 Å². The predicted octanol–water partition coefficient (Wildman–Crippen LogP) is 1.22. The first-order chi connectivity index (χ1) is 7.22. The second kappa shape index (κ2) is 3.66. The third-order valence-corrected chi connectivity index (χ3v) is 2.65. The molecule has 1 aromatic heterocycles. The van der Waals surface area contributed by atoms with Gasteiger partial charge in [-0.25, -0.2) is 4.79 Å². The summed E-state index contributed by atoms with van der Waals surface area (Å²) in [5, 5.41) is 6.73. The second-order valence-electron chi connectivity index (χ2n) is 3.59. The summed E-state index contributed by atoms with van der Waals surface area (Å²) in [4.78, 5) is 11.3. The van der Waals surface area contributed by atoms with Crippen molar-refractivity contribution in [1.29, 1.82) is 0 Å². The van der Waals surface area contributed by atoms with Crippen LogP contribution in [0, 0.1) is 0 Å². The van der Waals surface area contributed by atoms with Crippen LogP contribution < -0.4 is 0 Å². The van der Waals surface area contributed by atoms with E-state index in [2.05, 4.69) is 10.2 Å². The summed E-state index contributed by atoms with van der Waals surface area (Å²) in [5.41, 5.74) is 0.931. The first-order valence-corrected chi connectivity index (χ1v) is 5.00. The number of carbonyl (C=O) groups is 1. The largest absolute Gasteiger partial charge is 0.461 e. The van der Waals surface area contributed by atoms with Crippen LogP contribution in [0.15, 0.2) is 6.07 Å². The molecule has 0 aromatic carbocycles. The lowest BCUT2D eigenvalue weighted by Gasteiger charge is -2.08. The van der Waals surface area contributed by atoms with Gasteiger partial charge in [-0.3, -0.25) is 5.10 Å². The van der Waals surface area contributed by atoms with Gasteiger partial charge in [0.1, 0.15) is 5.60 Å². The molecule has 0 radical (unpaired) electrons. The van der Waals surface area contributed by atoms with Gasteiger partial charge < -0.3 is 9.47 Å². The summed E-state index contributed by atoms with van der Waals surface area (Å²) in [6.07, 6.45) is 1.93. The second-order valence-corrected chi connectivity index (χ2v) is 3.59. The van der Waals surface area contributed by atoms with Crippen LogP contribution in [0.3, 0.4) is 0 Å². The third kappa shape index (κ3) is 1.74. The first kappa shape index (κ1) is 10.2. The number of nitrogens with zero attached hydrogens (tertiary/aromatic N) is 1. The highest BCUT2D eigenvalue weighted by Gasteiger charge is 2.46. The van der Waals surface area contributed by atoms with Crippen LogP contribution in [0.2, 0.25) is 0 Å². The zero-order chi connectivity index (χ0) is 10.9. The van der Waals surface area contributed by atoms with Crippen molar-refractivity contribution in [1.82, 2.24) is 10.2 Å². The lowest BCUT2D eigenvalue weighted by atomic mass is 10.2. The van der Waals surface area contributed by atoms with Crippen LogP contribution in [0.1, 0.15) is 35.9 Å². The average molecular weight is 210 g/mol. The molecule has 0 unspecified atom stereocenters. The Morgan fingerprint density at radius 1 is 1.67 bits per heavy atom. The van der Waals surface area contributed by atoms with Crippen LogP contribution in [0.4, 0.5) is 0 Å². The van der Waals surface area contributed by atoms with Gasteiger partial charge in [-0.15, -0.1) is 0 Å². The van der Waals surface area contributed by atoms with Crippen molar-refractivity contribution >= 4 is 5.97 Å². The fourth-order valence-corrected chi connectivity index (χ4v) is 1.56. The number of nitrogens with one attached hydrogen (secondary N) is 1. The molecule has 5 heteroatoms. The first-order valence-electron chi connectivity index (χ1n) is 5.00. The average Bonchev–Trinajstić information content (AvgIpc) is 2.88. The molecule has 1 heterocycles. The Kier molecular flexibility index (Phi) is 2.48. The Morgan fingerprint density at radius 3 is 2.93 bits per heavy atom. The molecule has 0 amide bonds. The summed E-state index contributed by atoms with van der Waals surface area (Å²) < 4.78 is 10.2. The van der Waals surface area contributed by atoms with Crippen LogP contribution in [-0.4, -0.2) is 29.9 Å². The predicted molar refractivity (Wildman–Crippen MR) is 52.5 cm³/mol. The summed E-state index contributed by atoms with van der Waals surface area (Å²) >= 11 is 0. The number of hydrogen-bond acceptors (Lipinski definition) is 4. The lowest BCUT2D eigenvalue weighted by molar-refractivity contribution is 0.0519. The smallest absolute Gasteiger partial charge is 0.358 e. The molecule has 0 aliphatic heterocycles. The van der Waals surface area contributed by atoms with E-state index in [0.29, 0.717) is 12.3 Å². The van der Waals surface area contributed by atoms with Gasteiger partial charge in [0.2, 0.25) is 0 Å². The van der Waals surface area contributed by atoms with Gasteiger partial charge in [0, 0.05) is 7.11 Å². The van der Waals surface area contributed by atoms with Crippen molar-refractivity contribution in [2.45, 2.75) is 25.4 Å². The highest BCUT2D eigenvalue weighted by Crippen LogP contribution is 2.47. The molecule has 1 saturated carbocycles. The van der Waals surface area contributed by atoms with Crippen LogP contribution in [0.25, 0.3) is 0 Å². The van der Waals surface area contributed by atoms with E-state index in [9.17, 15) is 4.79 Å². The zero-order valence-corrected chi connectivity index (χ0v) is 8.87. The monoisotopic (exact) mass is 210 g/mol. The number of rotatable bonds is 4. The minimum absolute atomic E-state index is 0.238. The van der Waals surface area contributed by atoms with Crippen LogP contribution >= 0.6 is 0 Å². The summed E-state index contributed by atoms with van der Waals surface area (Å²) in [6, 6.07) is 1.70. The molecular weight excluding hydrogens is 196 g/mol. The maximum atomic E-state index is 11.3. The van der Waals surface area contributed by atoms with Gasteiger partial charge >= 0.3 is 5.97 Å². The molecule has 1 aliphatic rings. The number of carbonyl (C=O) groups excluding carboxylic acids is 1. The summed E-state index contributed by atoms with van der Waals surface area (Å²) in [5.74, 6) is -0.396. The molecule has 15 heavy (non-hydrogen) atoms. The minimum Gasteiger partial charge on any atom is -0.461 e. The molecule has 0 spiro atoms. The van der Waals surface area contributed by atoms with Gasteiger partial charge in [0.25, 0.3) is 0 Å². The van der Waals surface area contributed by atoms with Gasteiger partial charge in [-0.1, -0.05) is 0 Å². The Bertz CT molecular complexity index is 368. The topological polar surface area (TPSA) is 64.2 Å². The van der Waals surface area contributed by atoms with E-state index in [1.807, 2.05) is 0 Å². The van der Waals surface area contributed by atoms with E-state index in [1.165, 1.54) is 0 Å². The zero-order valence-electron chi connectivity index (χ0n) is 8.87. The van der Waals surface area contributed by atoms with E-state index in [0.717, 1.165) is 18.5 Å². The van der Waals surface area contributed by atoms with Crippen LogP contribution in [-0.2, 0) is 15.1 Å².